The number of amides is 1. The fourth-order valence-corrected chi connectivity index (χ4v) is 3.43. The second-order valence-electron chi connectivity index (χ2n) is 7.09. The highest BCUT2D eigenvalue weighted by atomic mass is 127. The van der Waals surface area contributed by atoms with Crippen LogP contribution in [0.2, 0.25) is 0 Å². The number of guanidine groups is 1. The molecule has 0 spiro atoms. The highest BCUT2D eigenvalue weighted by Gasteiger charge is 2.31. The van der Waals surface area contributed by atoms with E-state index in [0.29, 0.717) is 31.4 Å². The van der Waals surface area contributed by atoms with E-state index < -0.39 is 0 Å². The molecule has 1 fully saturated rings. The monoisotopic (exact) mass is 531 g/mol. The maximum Gasteiger partial charge on any atom is 0.229 e. The highest BCUT2D eigenvalue weighted by molar-refractivity contribution is 14.0. The van der Waals surface area contributed by atoms with Crippen molar-refractivity contribution in [1.82, 2.24) is 15.6 Å². The molecule has 2 N–H and O–H groups in total. The van der Waals surface area contributed by atoms with Crippen molar-refractivity contribution < 1.29 is 9.21 Å². The van der Waals surface area contributed by atoms with Gasteiger partial charge in [0.25, 0.3) is 0 Å². The van der Waals surface area contributed by atoms with Crippen molar-refractivity contribution in [2.75, 3.05) is 18.0 Å². The van der Waals surface area contributed by atoms with E-state index in [1.165, 1.54) is 0 Å². The summed E-state index contributed by atoms with van der Waals surface area (Å²) in [6.45, 7) is 3.73. The van der Waals surface area contributed by atoms with Crippen molar-refractivity contribution in [2.24, 2.45) is 4.99 Å². The number of hydrogen-bond acceptors (Lipinski definition) is 4. The number of nitrogens with zero attached hydrogens (tertiary/aromatic N) is 3. The molecule has 2 aromatic carbocycles. The molecule has 1 saturated heterocycles. The van der Waals surface area contributed by atoms with E-state index in [1.54, 1.807) is 6.26 Å². The third kappa shape index (κ3) is 5.84. The number of carbonyl (C=O) groups excluding carboxylic acids is 1. The minimum absolute atomic E-state index is 0. The van der Waals surface area contributed by atoms with Crippen LogP contribution in [0, 0.1) is 0 Å². The van der Waals surface area contributed by atoms with Gasteiger partial charge in [-0.2, -0.15) is 0 Å². The first kappa shape index (κ1) is 22.8. The molecule has 162 valence electrons. The third-order valence-electron chi connectivity index (χ3n) is 4.85. The summed E-state index contributed by atoms with van der Waals surface area (Å²) in [6, 6.07) is 19.5. The molecule has 3 aromatic rings. The van der Waals surface area contributed by atoms with Gasteiger partial charge in [-0.05, 0) is 31.2 Å². The van der Waals surface area contributed by atoms with Gasteiger partial charge in [0.05, 0.1) is 12.6 Å². The lowest BCUT2D eigenvalue weighted by Crippen LogP contribution is -2.44. The second kappa shape index (κ2) is 10.9. The summed E-state index contributed by atoms with van der Waals surface area (Å²) in [5.41, 5.74) is 2.60. The van der Waals surface area contributed by atoms with Crippen molar-refractivity contribution in [3.63, 3.8) is 0 Å². The molecule has 8 heteroatoms. The number of anilines is 1. The number of carbonyl (C=O) groups is 1. The second-order valence-corrected chi connectivity index (χ2v) is 7.09. The van der Waals surface area contributed by atoms with Crippen molar-refractivity contribution in [3.05, 3.63) is 72.6 Å². The van der Waals surface area contributed by atoms with Crippen molar-refractivity contribution in [1.29, 1.82) is 0 Å². The van der Waals surface area contributed by atoms with E-state index in [2.05, 4.69) is 20.6 Å². The van der Waals surface area contributed by atoms with E-state index in [4.69, 9.17) is 4.42 Å². The Bertz CT molecular complexity index is 1010. The first-order valence-electron chi connectivity index (χ1n) is 10.1. The van der Waals surface area contributed by atoms with Crippen LogP contribution in [0.3, 0.4) is 0 Å². The summed E-state index contributed by atoms with van der Waals surface area (Å²) < 4.78 is 5.58. The maximum absolute atomic E-state index is 12.4. The Kier molecular flexibility index (Phi) is 8.05. The zero-order chi connectivity index (χ0) is 20.8. The first-order valence-corrected chi connectivity index (χ1v) is 10.1. The molecule has 1 amide bonds. The van der Waals surface area contributed by atoms with E-state index in [9.17, 15) is 4.79 Å². The highest BCUT2D eigenvalue weighted by Crippen LogP contribution is 2.21. The molecule has 1 atom stereocenters. The van der Waals surface area contributed by atoms with Crippen LogP contribution in [0.5, 0.6) is 0 Å². The molecule has 2 heterocycles. The lowest BCUT2D eigenvalue weighted by Gasteiger charge is -2.18. The van der Waals surface area contributed by atoms with Gasteiger partial charge in [0.2, 0.25) is 11.8 Å². The number of aromatic nitrogens is 1. The maximum atomic E-state index is 12.4. The summed E-state index contributed by atoms with van der Waals surface area (Å²) in [5, 5.41) is 6.61. The van der Waals surface area contributed by atoms with E-state index >= 15 is 0 Å². The van der Waals surface area contributed by atoms with Crippen LogP contribution in [0.1, 0.15) is 19.0 Å². The lowest BCUT2D eigenvalue weighted by molar-refractivity contribution is -0.117. The SMILES string of the molecule is CCNC(=NCc1coc(-c2ccccc2)n1)NC1CC(=O)N(c2ccccc2)C1.I. The van der Waals surface area contributed by atoms with Crippen molar-refractivity contribution in [3.8, 4) is 11.5 Å². The zero-order valence-corrected chi connectivity index (χ0v) is 19.7. The Morgan fingerprint density at radius 1 is 1.16 bits per heavy atom. The predicted molar refractivity (Wildman–Crippen MR) is 133 cm³/mol. The smallest absolute Gasteiger partial charge is 0.229 e. The molecule has 1 aromatic heterocycles. The zero-order valence-electron chi connectivity index (χ0n) is 17.3. The average Bonchev–Trinajstić information content (AvgIpc) is 3.40. The molecule has 7 nitrogen and oxygen atoms in total. The van der Waals surface area contributed by atoms with E-state index in [1.807, 2.05) is 72.5 Å². The van der Waals surface area contributed by atoms with Crippen molar-refractivity contribution >= 4 is 41.5 Å². The molecule has 1 unspecified atom stereocenters. The Hall–Kier alpha value is -2.88. The number of benzene rings is 2. The molecule has 1 aliphatic heterocycles. The Labute approximate surface area is 199 Å². The molecule has 4 rings (SSSR count). The lowest BCUT2D eigenvalue weighted by atomic mass is 10.2. The van der Waals surface area contributed by atoms with Crippen LogP contribution < -0.4 is 15.5 Å². The number of hydrogen-bond donors (Lipinski definition) is 2. The summed E-state index contributed by atoms with van der Waals surface area (Å²) in [7, 11) is 0. The van der Waals surface area contributed by atoms with Gasteiger partial charge < -0.3 is 20.0 Å². The normalized spacial score (nSPS) is 16.2. The summed E-state index contributed by atoms with van der Waals surface area (Å²) in [6.07, 6.45) is 2.06. The van der Waals surface area contributed by atoms with Gasteiger partial charge in [-0.1, -0.05) is 36.4 Å². The molecular weight excluding hydrogens is 505 g/mol. The molecule has 0 bridgehead atoms. The van der Waals surface area contributed by atoms with Gasteiger partial charge in [-0.25, -0.2) is 9.98 Å². The fraction of sp³-hybridized carbons (Fsp3) is 0.261. The van der Waals surface area contributed by atoms with Crippen LogP contribution >= 0.6 is 24.0 Å². The number of para-hydroxylation sites is 1. The van der Waals surface area contributed by atoms with Gasteiger partial charge in [-0.15, -0.1) is 24.0 Å². The number of oxazole rings is 1. The van der Waals surface area contributed by atoms with Crippen LogP contribution in [-0.2, 0) is 11.3 Å². The standard InChI is InChI=1S/C23H25N5O2.HI/c1-2-24-23(25-14-19-16-30-22(26-19)17-9-5-3-6-10-17)27-18-13-21(29)28(15-18)20-11-7-4-8-12-20;/h3-12,16,18H,2,13-15H2,1H3,(H2,24,25,27);1H. The minimum atomic E-state index is -0.00676. The van der Waals surface area contributed by atoms with Gasteiger partial charge >= 0.3 is 0 Å². The topological polar surface area (TPSA) is 82.8 Å². The molecule has 31 heavy (non-hydrogen) atoms. The minimum Gasteiger partial charge on any atom is -0.444 e. The summed E-state index contributed by atoms with van der Waals surface area (Å²) in [4.78, 5) is 23.4. The molecule has 0 aliphatic carbocycles. The van der Waals surface area contributed by atoms with E-state index in [0.717, 1.165) is 23.5 Å². The number of rotatable bonds is 6. The van der Waals surface area contributed by atoms with Crippen molar-refractivity contribution in [2.45, 2.75) is 25.9 Å². The predicted octanol–water partition coefficient (Wildman–Crippen LogP) is 3.82. The molecular formula is C23H26IN5O2. The summed E-state index contributed by atoms with van der Waals surface area (Å²) >= 11 is 0. The van der Waals surface area contributed by atoms with Gasteiger partial charge in [0.15, 0.2) is 5.96 Å². The number of aliphatic imine (C=N–C) groups is 1. The first-order chi connectivity index (χ1) is 14.7. The number of nitrogens with one attached hydrogen (secondary N) is 2. The van der Waals surface area contributed by atoms with Gasteiger partial charge in [0.1, 0.15) is 12.0 Å². The largest absolute Gasteiger partial charge is 0.444 e. The summed E-state index contributed by atoms with van der Waals surface area (Å²) in [5.74, 6) is 1.35. The van der Waals surface area contributed by atoms with Crippen LogP contribution in [-0.4, -0.2) is 36.0 Å². The Balaban J connectivity index is 0.00000272. The van der Waals surface area contributed by atoms with Crippen LogP contribution in [0.25, 0.3) is 11.5 Å². The van der Waals surface area contributed by atoms with Gasteiger partial charge in [0, 0.05) is 30.8 Å². The Morgan fingerprint density at radius 2 is 1.87 bits per heavy atom. The fourth-order valence-electron chi connectivity index (χ4n) is 3.43. The third-order valence-corrected chi connectivity index (χ3v) is 4.85. The van der Waals surface area contributed by atoms with Crippen LogP contribution in [0.15, 0.2) is 76.3 Å². The number of halogens is 1. The molecule has 0 saturated carbocycles. The van der Waals surface area contributed by atoms with Gasteiger partial charge in [-0.3, -0.25) is 4.79 Å². The molecule has 1 aliphatic rings. The quantitative estimate of drug-likeness (QED) is 0.287. The Morgan fingerprint density at radius 3 is 2.58 bits per heavy atom. The molecule has 0 radical (unpaired) electrons. The average molecular weight is 531 g/mol. The van der Waals surface area contributed by atoms with Crippen LogP contribution in [0.4, 0.5) is 5.69 Å². The van der Waals surface area contributed by atoms with E-state index in [-0.39, 0.29) is 35.9 Å².